The van der Waals surface area contributed by atoms with Crippen LogP contribution in [0.2, 0.25) is 0 Å². The second kappa shape index (κ2) is 6.06. The van der Waals surface area contributed by atoms with Crippen molar-refractivity contribution in [3.63, 3.8) is 0 Å². The van der Waals surface area contributed by atoms with Crippen molar-refractivity contribution in [1.82, 2.24) is 5.43 Å². The van der Waals surface area contributed by atoms with Crippen LogP contribution in [0, 0.1) is 0 Å². The van der Waals surface area contributed by atoms with Gasteiger partial charge in [0, 0.05) is 9.85 Å². The first-order chi connectivity index (χ1) is 9.79. The summed E-state index contributed by atoms with van der Waals surface area (Å²) in [7, 11) is 0. The fourth-order valence-electron chi connectivity index (χ4n) is 2.49. The van der Waals surface area contributed by atoms with Crippen LogP contribution in [0.25, 0.3) is 10.8 Å². The van der Waals surface area contributed by atoms with Crippen molar-refractivity contribution in [2.75, 3.05) is 0 Å². The third-order valence-electron chi connectivity index (χ3n) is 3.52. The molecule has 0 aliphatic rings. The van der Waals surface area contributed by atoms with Gasteiger partial charge in [0.25, 0.3) is 0 Å². The Bertz CT molecular complexity index is 718. The number of fused-ring (bicyclic) bond motifs is 1. The molecule has 1 unspecified atom stereocenters. The molecule has 4 heteroatoms. The summed E-state index contributed by atoms with van der Waals surface area (Å²) < 4.78 is 1.12. The second-order valence-electron chi connectivity index (χ2n) is 4.74. The van der Waals surface area contributed by atoms with Crippen LogP contribution in [0.5, 0.6) is 0 Å². The van der Waals surface area contributed by atoms with Crippen LogP contribution in [-0.4, -0.2) is 0 Å². The number of nitrogens with two attached hydrogens (primary N) is 1. The molecule has 3 rings (SSSR count). The number of benzene rings is 2. The molecule has 0 saturated carbocycles. The first-order valence-corrected chi connectivity index (χ1v) is 8.17. The van der Waals surface area contributed by atoms with Gasteiger partial charge in [-0.25, -0.2) is 0 Å². The highest BCUT2D eigenvalue weighted by molar-refractivity contribution is 9.10. The summed E-state index contributed by atoms with van der Waals surface area (Å²) in [6.07, 6.45) is 0.868. The topological polar surface area (TPSA) is 38.0 Å². The van der Waals surface area contributed by atoms with E-state index in [-0.39, 0.29) is 6.04 Å². The molecule has 20 heavy (non-hydrogen) atoms. The van der Waals surface area contributed by atoms with E-state index in [1.54, 1.807) is 11.3 Å². The maximum absolute atomic E-state index is 5.76. The molecular formula is C16H15BrN2S. The lowest BCUT2D eigenvalue weighted by molar-refractivity contribution is 0.553. The molecule has 2 nitrogen and oxygen atoms in total. The molecule has 0 spiro atoms. The molecule has 0 fully saturated rings. The number of thiophene rings is 1. The quantitative estimate of drug-likeness (QED) is 0.542. The smallest absolute Gasteiger partial charge is 0.0519 e. The first-order valence-electron chi connectivity index (χ1n) is 6.44. The van der Waals surface area contributed by atoms with Crippen molar-refractivity contribution in [3.05, 3.63) is 68.8 Å². The molecule has 0 radical (unpaired) electrons. The standard InChI is InChI=1S/C16H15BrN2S/c17-15-10-20-9-14(15)16(19-18)8-12-6-3-5-11-4-1-2-7-13(11)12/h1-7,9-10,16,19H,8,18H2. The van der Waals surface area contributed by atoms with Crippen LogP contribution < -0.4 is 11.3 Å². The number of hydrazine groups is 1. The van der Waals surface area contributed by atoms with Gasteiger partial charge in [-0.1, -0.05) is 42.5 Å². The van der Waals surface area contributed by atoms with E-state index >= 15 is 0 Å². The number of hydrogen-bond donors (Lipinski definition) is 2. The van der Waals surface area contributed by atoms with Crippen molar-refractivity contribution >= 4 is 38.0 Å². The fourth-order valence-corrected chi connectivity index (χ4v) is 4.12. The predicted octanol–water partition coefficient (Wildman–Crippen LogP) is 4.41. The fraction of sp³-hybridized carbons (Fsp3) is 0.125. The lowest BCUT2D eigenvalue weighted by Gasteiger charge is -2.17. The van der Waals surface area contributed by atoms with E-state index in [0.717, 1.165) is 10.9 Å². The summed E-state index contributed by atoms with van der Waals surface area (Å²) in [4.78, 5) is 0. The van der Waals surface area contributed by atoms with E-state index in [1.807, 2.05) is 0 Å². The van der Waals surface area contributed by atoms with Gasteiger partial charge in [-0.15, -0.1) is 0 Å². The van der Waals surface area contributed by atoms with Crippen LogP contribution in [0.3, 0.4) is 0 Å². The molecule has 2 aromatic carbocycles. The SMILES string of the molecule is NNC(Cc1cccc2ccccc12)c1cscc1Br. The zero-order chi connectivity index (χ0) is 13.9. The second-order valence-corrected chi connectivity index (χ2v) is 6.33. The van der Waals surface area contributed by atoms with E-state index < -0.39 is 0 Å². The Morgan fingerprint density at radius 3 is 2.65 bits per heavy atom. The zero-order valence-electron chi connectivity index (χ0n) is 10.8. The molecular weight excluding hydrogens is 332 g/mol. The summed E-state index contributed by atoms with van der Waals surface area (Å²) in [5.41, 5.74) is 5.46. The summed E-state index contributed by atoms with van der Waals surface area (Å²) in [6, 6.07) is 15.0. The van der Waals surface area contributed by atoms with Crippen molar-refractivity contribution in [1.29, 1.82) is 0 Å². The Morgan fingerprint density at radius 2 is 1.90 bits per heavy atom. The van der Waals surface area contributed by atoms with Gasteiger partial charge in [0.1, 0.15) is 0 Å². The van der Waals surface area contributed by atoms with Crippen molar-refractivity contribution in [2.45, 2.75) is 12.5 Å². The molecule has 0 bridgehead atoms. The summed E-state index contributed by atoms with van der Waals surface area (Å²) in [5, 5.41) is 6.79. The minimum Gasteiger partial charge on any atom is -0.271 e. The Morgan fingerprint density at radius 1 is 1.10 bits per heavy atom. The molecule has 0 saturated heterocycles. The van der Waals surface area contributed by atoms with Gasteiger partial charge in [0.05, 0.1) is 6.04 Å². The average molecular weight is 347 g/mol. The molecule has 0 aliphatic carbocycles. The molecule has 1 atom stereocenters. The minimum absolute atomic E-state index is 0.112. The first kappa shape index (κ1) is 13.8. The van der Waals surface area contributed by atoms with E-state index in [2.05, 4.69) is 74.6 Å². The van der Waals surface area contributed by atoms with E-state index in [1.165, 1.54) is 21.9 Å². The van der Waals surface area contributed by atoms with Gasteiger partial charge in [-0.3, -0.25) is 11.3 Å². The zero-order valence-corrected chi connectivity index (χ0v) is 13.2. The van der Waals surface area contributed by atoms with E-state index in [0.29, 0.717) is 0 Å². The highest BCUT2D eigenvalue weighted by atomic mass is 79.9. The van der Waals surface area contributed by atoms with Gasteiger partial charge in [-0.2, -0.15) is 11.3 Å². The van der Waals surface area contributed by atoms with Crippen LogP contribution in [0.1, 0.15) is 17.2 Å². The predicted molar refractivity (Wildman–Crippen MR) is 89.7 cm³/mol. The average Bonchev–Trinajstić information content (AvgIpc) is 2.91. The Labute approximate surface area is 130 Å². The molecule has 3 N–H and O–H groups in total. The van der Waals surface area contributed by atoms with Gasteiger partial charge in [0.2, 0.25) is 0 Å². The number of nitrogens with one attached hydrogen (secondary N) is 1. The van der Waals surface area contributed by atoms with Crippen LogP contribution >= 0.6 is 27.3 Å². The normalized spacial score (nSPS) is 12.7. The highest BCUT2D eigenvalue weighted by Crippen LogP contribution is 2.30. The number of hydrogen-bond acceptors (Lipinski definition) is 3. The highest BCUT2D eigenvalue weighted by Gasteiger charge is 2.15. The number of halogens is 1. The Hall–Kier alpha value is -1.20. The molecule has 1 heterocycles. The largest absolute Gasteiger partial charge is 0.271 e. The maximum atomic E-state index is 5.76. The van der Waals surface area contributed by atoms with Crippen LogP contribution in [-0.2, 0) is 6.42 Å². The molecule has 3 aromatic rings. The van der Waals surface area contributed by atoms with Crippen LogP contribution in [0.4, 0.5) is 0 Å². The van der Waals surface area contributed by atoms with Gasteiger partial charge < -0.3 is 0 Å². The van der Waals surface area contributed by atoms with Crippen LogP contribution in [0.15, 0.2) is 57.7 Å². The molecule has 0 amide bonds. The van der Waals surface area contributed by atoms with Crippen molar-refractivity contribution in [2.24, 2.45) is 5.84 Å². The van der Waals surface area contributed by atoms with Crippen molar-refractivity contribution < 1.29 is 0 Å². The third-order valence-corrected chi connectivity index (χ3v) is 5.27. The van der Waals surface area contributed by atoms with Gasteiger partial charge >= 0.3 is 0 Å². The lowest BCUT2D eigenvalue weighted by atomic mass is 9.96. The lowest BCUT2D eigenvalue weighted by Crippen LogP contribution is -2.29. The maximum Gasteiger partial charge on any atom is 0.0519 e. The Kier molecular flexibility index (Phi) is 4.17. The van der Waals surface area contributed by atoms with Gasteiger partial charge in [-0.05, 0) is 49.6 Å². The Balaban J connectivity index is 1.98. The summed E-state index contributed by atoms with van der Waals surface area (Å²) >= 11 is 5.27. The molecule has 0 aliphatic heterocycles. The molecule has 102 valence electrons. The molecule has 1 aromatic heterocycles. The summed E-state index contributed by atoms with van der Waals surface area (Å²) in [6.45, 7) is 0. The number of rotatable bonds is 4. The minimum atomic E-state index is 0.112. The monoisotopic (exact) mass is 346 g/mol. The summed E-state index contributed by atoms with van der Waals surface area (Å²) in [5.74, 6) is 5.76. The van der Waals surface area contributed by atoms with Gasteiger partial charge in [0.15, 0.2) is 0 Å². The van der Waals surface area contributed by atoms with E-state index in [4.69, 9.17) is 5.84 Å². The third kappa shape index (κ3) is 2.65. The van der Waals surface area contributed by atoms with Crippen molar-refractivity contribution in [3.8, 4) is 0 Å². The van der Waals surface area contributed by atoms with E-state index in [9.17, 15) is 0 Å².